The fourth-order valence-electron chi connectivity index (χ4n) is 2.59. The molecule has 1 heterocycles. The first-order chi connectivity index (χ1) is 11.3. The van der Waals surface area contributed by atoms with Crippen molar-refractivity contribution in [2.75, 3.05) is 6.54 Å². The number of nitrogens with one attached hydrogen (secondary N) is 1. The van der Waals surface area contributed by atoms with Gasteiger partial charge >= 0.3 is 0 Å². The summed E-state index contributed by atoms with van der Waals surface area (Å²) in [4.78, 5) is 17.8. The summed E-state index contributed by atoms with van der Waals surface area (Å²) in [6.45, 7) is 8.41. The first kappa shape index (κ1) is 18.6. The van der Waals surface area contributed by atoms with Crippen molar-refractivity contribution < 1.29 is 9.90 Å². The summed E-state index contributed by atoms with van der Waals surface area (Å²) >= 11 is 1.55. The standard InChI is InChI=1S/C19H26N2O2S/c1-12(2)9-16(22)11-20-18(23)10-17-19(21-14(4)24-17)15-7-5-13(3)6-8-15/h5-8,12,16,22H,9-11H2,1-4H3,(H,20,23). The van der Waals surface area contributed by atoms with Crippen molar-refractivity contribution in [2.45, 2.75) is 46.6 Å². The number of aryl methyl sites for hydroxylation is 2. The van der Waals surface area contributed by atoms with Crippen LogP contribution < -0.4 is 5.32 Å². The molecular formula is C19H26N2O2S. The third kappa shape index (κ3) is 5.42. The maximum atomic E-state index is 12.2. The van der Waals surface area contributed by atoms with Gasteiger partial charge in [-0.15, -0.1) is 11.3 Å². The van der Waals surface area contributed by atoms with Crippen molar-refractivity contribution in [1.29, 1.82) is 0 Å². The van der Waals surface area contributed by atoms with Gasteiger partial charge in [0.15, 0.2) is 0 Å². The Morgan fingerprint density at radius 1 is 1.25 bits per heavy atom. The normalized spacial score (nSPS) is 12.4. The van der Waals surface area contributed by atoms with E-state index >= 15 is 0 Å². The number of carbonyl (C=O) groups is 1. The Bertz CT molecular complexity index is 677. The highest BCUT2D eigenvalue weighted by molar-refractivity contribution is 7.12. The van der Waals surface area contributed by atoms with Crippen LogP contribution in [0, 0.1) is 19.8 Å². The molecule has 5 heteroatoms. The van der Waals surface area contributed by atoms with Gasteiger partial charge in [0.05, 0.1) is 23.2 Å². The van der Waals surface area contributed by atoms with Crippen molar-refractivity contribution in [3.8, 4) is 11.3 Å². The second-order valence-corrected chi connectivity index (χ2v) is 7.92. The minimum Gasteiger partial charge on any atom is -0.391 e. The van der Waals surface area contributed by atoms with Gasteiger partial charge in [0.25, 0.3) is 0 Å². The molecule has 4 nitrogen and oxygen atoms in total. The first-order valence-electron chi connectivity index (χ1n) is 8.33. The number of aromatic nitrogens is 1. The number of hydrogen-bond donors (Lipinski definition) is 2. The molecule has 0 radical (unpaired) electrons. The van der Waals surface area contributed by atoms with E-state index in [1.54, 1.807) is 11.3 Å². The van der Waals surface area contributed by atoms with Crippen LogP contribution in [-0.4, -0.2) is 28.6 Å². The molecule has 0 bridgehead atoms. The summed E-state index contributed by atoms with van der Waals surface area (Å²) in [5, 5.41) is 13.6. The Hall–Kier alpha value is -1.72. The Kier molecular flexibility index (Phi) is 6.52. The summed E-state index contributed by atoms with van der Waals surface area (Å²) < 4.78 is 0. The number of rotatable bonds is 7. The molecule has 0 saturated heterocycles. The molecular weight excluding hydrogens is 320 g/mol. The van der Waals surface area contributed by atoms with E-state index in [-0.39, 0.29) is 5.91 Å². The van der Waals surface area contributed by atoms with Gasteiger partial charge < -0.3 is 10.4 Å². The lowest BCUT2D eigenvalue weighted by Gasteiger charge is -2.13. The number of thiazole rings is 1. The zero-order valence-electron chi connectivity index (χ0n) is 14.8. The van der Waals surface area contributed by atoms with Crippen LogP contribution in [0.25, 0.3) is 11.3 Å². The van der Waals surface area contributed by atoms with E-state index in [4.69, 9.17) is 0 Å². The van der Waals surface area contributed by atoms with Crippen LogP contribution in [0.4, 0.5) is 0 Å². The summed E-state index contributed by atoms with van der Waals surface area (Å²) in [7, 11) is 0. The minimum absolute atomic E-state index is 0.0742. The number of nitrogens with zero attached hydrogens (tertiary/aromatic N) is 1. The molecule has 2 rings (SSSR count). The molecule has 24 heavy (non-hydrogen) atoms. The van der Waals surface area contributed by atoms with Gasteiger partial charge in [-0.25, -0.2) is 4.98 Å². The lowest BCUT2D eigenvalue weighted by molar-refractivity contribution is -0.120. The van der Waals surface area contributed by atoms with Crippen molar-refractivity contribution in [3.05, 3.63) is 39.7 Å². The maximum absolute atomic E-state index is 12.2. The summed E-state index contributed by atoms with van der Waals surface area (Å²) in [5.41, 5.74) is 3.12. The molecule has 130 valence electrons. The largest absolute Gasteiger partial charge is 0.391 e. The number of aliphatic hydroxyl groups excluding tert-OH is 1. The van der Waals surface area contributed by atoms with E-state index in [9.17, 15) is 9.90 Å². The molecule has 1 aromatic heterocycles. The van der Waals surface area contributed by atoms with E-state index in [0.717, 1.165) is 21.1 Å². The van der Waals surface area contributed by atoms with Gasteiger partial charge in [0.2, 0.25) is 5.91 Å². The van der Waals surface area contributed by atoms with E-state index in [0.29, 0.717) is 25.3 Å². The highest BCUT2D eigenvalue weighted by atomic mass is 32.1. The predicted octanol–water partition coefficient (Wildman–Crippen LogP) is 3.49. The topological polar surface area (TPSA) is 62.2 Å². The van der Waals surface area contributed by atoms with Crippen LogP contribution in [0.15, 0.2) is 24.3 Å². The smallest absolute Gasteiger partial charge is 0.225 e. The SMILES string of the molecule is Cc1ccc(-c2nc(C)sc2CC(=O)NCC(O)CC(C)C)cc1. The maximum Gasteiger partial charge on any atom is 0.225 e. The first-order valence-corrected chi connectivity index (χ1v) is 9.15. The van der Waals surface area contributed by atoms with Crippen molar-refractivity contribution in [1.82, 2.24) is 10.3 Å². The summed E-state index contributed by atoms with van der Waals surface area (Å²) in [6.07, 6.45) is 0.492. The number of carbonyl (C=O) groups excluding carboxylic acids is 1. The van der Waals surface area contributed by atoms with E-state index < -0.39 is 6.10 Å². The highest BCUT2D eigenvalue weighted by Gasteiger charge is 2.15. The minimum atomic E-state index is -0.492. The van der Waals surface area contributed by atoms with Crippen LogP contribution in [0.3, 0.4) is 0 Å². The van der Waals surface area contributed by atoms with Gasteiger partial charge in [-0.3, -0.25) is 4.79 Å². The number of aliphatic hydroxyl groups is 1. The molecule has 0 aliphatic carbocycles. The fraction of sp³-hybridized carbons (Fsp3) is 0.474. The van der Waals surface area contributed by atoms with Gasteiger partial charge in [-0.05, 0) is 26.2 Å². The fourth-order valence-corrected chi connectivity index (χ4v) is 3.55. The van der Waals surface area contributed by atoms with Gasteiger partial charge in [-0.2, -0.15) is 0 Å². The zero-order valence-corrected chi connectivity index (χ0v) is 15.6. The van der Waals surface area contributed by atoms with Crippen molar-refractivity contribution in [3.63, 3.8) is 0 Å². The van der Waals surface area contributed by atoms with Gasteiger partial charge in [-0.1, -0.05) is 43.7 Å². The van der Waals surface area contributed by atoms with Crippen LogP contribution in [-0.2, 0) is 11.2 Å². The Labute approximate surface area is 148 Å². The van der Waals surface area contributed by atoms with Crippen molar-refractivity contribution in [2.24, 2.45) is 5.92 Å². The molecule has 0 aliphatic heterocycles. The Morgan fingerprint density at radius 2 is 1.92 bits per heavy atom. The molecule has 2 aromatic rings. The Balaban J connectivity index is 2.02. The molecule has 0 aliphatic rings. The average molecular weight is 346 g/mol. The predicted molar refractivity (Wildman–Crippen MR) is 99.2 cm³/mol. The zero-order chi connectivity index (χ0) is 17.7. The van der Waals surface area contributed by atoms with Crippen LogP contribution in [0.1, 0.15) is 35.7 Å². The van der Waals surface area contributed by atoms with Gasteiger partial charge in [0.1, 0.15) is 0 Å². The Morgan fingerprint density at radius 3 is 2.54 bits per heavy atom. The van der Waals surface area contributed by atoms with E-state index in [1.165, 1.54) is 5.56 Å². The second kappa shape index (κ2) is 8.40. The summed E-state index contributed by atoms with van der Waals surface area (Å²) in [5.74, 6) is 0.337. The monoisotopic (exact) mass is 346 g/mol. The molecule has 1 atom stereocenters. The second-order valence-electron chi connectivity index (χ2n) is 6.63. The third-order valence-electron chi connectivity index (χ3n) is 3.73. The quantitative estimate of drug-likeness (QED) is 0.807. The number of hydrogen-bond acceptors (Lipinski definition) is 4. The van der Waals surface area contributed by atoms with Crippen LogP contribution >= 0.6 is 11.3 Å². The lowest BCUT2D eigenvalue weighted by atomic mass is 10.1. The number of amides is 1. The third-order valence-corrected chi connectivity index (χ3v) is 4.70. The molecule has 1 aromatic carbocycles. The summed E-state index contributed by atoms with van der Waals surface area (Å²) in [6, 6.07) is 8.18. The lowest BCUT2D eigenvalue weighted by Crippen LogP contribution is -2.33. The molecule has 1 unspecified atom stereocenters. The van der Waals surface area contributed by atoms with E-state index in [1.807, 2.05) is 26.0 Å². The average Bonchev–Trinajstić information content (AvgIpc) is 2.86. The molecule has 0 spiro atoms. The van der Waals surface area contributed by atoms with Crippen molar-refractivity contribution >= 4 is 17.2 Å². The van der Waals surface area contributed by atoms with Crippen LogP contribution in [0.2, 0.25) is 0 Å². The molecule has 2 N–H and O–H groups in total. The van der Waals surface area contributed by atoms with Gasteiger partial charge in [0, 0.05) is 17.0 Å². The van der Waals surface area contributed by atoms with E-state index in [2.05, 4.69) is 36.3 Å². The highest BCUT2D eigenvalue weighted by Crippen LogP contribution is 2.28. The molecule has 0 fully saturated rings. The van der Waals surface area contributed by atoms with Crippen LogP contribution in [0.5, 0.6) is 0 Å². The molecule has 1 amide bonds. The molecule has 0 saturated carbocycles. The number of benzene rings is 1.